The molecule has 0 aromatic carbocycles. The molecule has 184 valence electrons. The molecule has 4 heterocycles. The molecule has 0 aliphatic carbocycles. The highest BCUT2D eigenvalue weighted by Crippen LogP contribution is 2.45. The smallest absolute Gasteiger partial charge is 0.289 e. The van der Waals surface area contributed by atoms with Gasteiger partial charge in [0.2, 0.25) is 4.96 Å². The van der Waals surface area contributed by atoms with Crippen LogP contribution in [0.5, 0.6) is 0 Å². The summed E-state index contributed by atoms with van der Waals surface area (Å²) in [4.78, 5) is 7.57. The van der Waals surface area contributed by atoms with E-state index < -0.39 is 54.4 Å². The maximum absolute atomic E-state index is 13.7. The number of alkyl halides is 8. The molecule has 0 unspecified atom stereocenters. The first kappa shape index (κ1) is 24.3. The normalized spacial score (nSPS) is 13.9. The van der Waals surface area contributed by atoms with E-state index in [4.69, 9.17) is 0 Å². The van der Waals surface area contributed by atoms with E-state index in [1.807, 2.05) is 0 Å². The third-order valence-electron chi connectivity index (χ3n) is 4.85. The van der Waals surface area contributed by atoms with Crippen LogP contribution in [0.15, 0.2) is 23.4 Å². The van der Waals surface area contributed by atoms with Crippen molar-refractivity contribution in [3.63, 3.8) is 0 Å². The highest BCUT2D eigenvalue weighted by molar-refractivity contribution is 7.91. The van der Waals surface area contributed by atoms with Crippen LogP contribution >= 0.6 is 11.3 Å². The van der Waals surface area contributed by atoms with Crippen LogP contribution < -0.4 is 0 Å². The maximum Gasteiger partial charge on any atom is 0.460 e. The average Bonchev–Trinajstić information content (AvgIpc) is 3.38. The van der Waals surface area contributed by atoms with E-state index in [2.05, 4.69) is 15.1 Å². The summed E-state index contributed by atoms with van der Waals surface area (Å²) < 4.78 is 132. The summed E-state index contributed by atoms with van der Waals surface area (Å²) in [6.45, 7) is 2.47. The number of aryl methyl sites for hydroxylation is 1. The van der Waals surface area contributed by atoms with Crippen molar-refractivity contribution >= 4 is 31.8 Å². The first-order valence-electron chi connectivity index (χ1n) is 9.12. The standard InChI is InChI=1S/C17H11F8N5O2S2/c1-3-34(31,32)12-11(26-9-5-4-8(6-29(9)12)16(20,21)22)10-7(2)30-14(27-10)33-13(28-30)15(18,19)17(23,24)25/h4-6H,3H2,1-2H3. The lowest BCUT2D eigenvalue weighted by Gasteiger charge is -2.15. The molecule has 0 bridgehead atoms. The zero-order valence-corrected chi connectivity index (χ0v) is 18.5. The Kier molecular flexibility index (Phi) is 5.25. The second kappa shape index (κ2) is 7.34. The fourth-order valence-corrected chi connectivity index (χ4v) is 5.20. The van der Waals surface area contributed by atoms with Crippen molar-refractivity contribution in [2.24, 2.45) is 0 Å². The van der Waals surface area contributed by atoms with Gasteiger partial charge in [0, 0.05) is 6.20 Å². The highest BCUT2D eigenvalue weighted by atomic mass is 32.2. The third kappa shape index (κ3) is 3.60. The topological polar surface area (TPSA) is 81.6 Å². The first-order chi connectivity index (χ1) is 15.5. The summed E-state index contributed by atoms with van der Waals surface area (Å²) in [6.07, 6.45) is -10.1. The highest BCUT2D eigenvalue weighted by Gasteiger charge is 2.61. The number of rotatable bonds is 4. The van der Waals surface area contributed by atoms with Gasteiger partial charge in [0.05, 0.1) is 17.0 Å². The molecule has 4 aromatic rings. The minimum atomic E-state index is -5.90. The van der Waals surface area contributed by atoms with E-state index in [1.165, 1.54) is 13.8 Å². The Morgan fingerprint density at radius 1 is 1.00 bits per heavy atom. The Bertz CT molecular complexity index is 1530. The lowest BCUT2D eigenvalue weighted by molar-refractivity contribution is -0.289. The molecule has 0 atom stereocenters. The lowest BCUT2D eigenvalue weighted by Crippen LogP contribution is -2.33. The Balaban J connectivity index is 1.98. The van der Waals surface area contributed by atoms with E-state index in [-0.39, 0.29) is 34.1 Å². The van der Waals surface area contributed by atoms with Crippen molar-refractivity contribution in [1.82, 2.24) is 24.0 Å². The molecule has 7 nitrogen and oxygen atoms in total. The van der Waals surface area contributed by atoms with Gasteiger partial charge in [0.15, 0.2) is 19.9 Å². The Morgan fingerprint density at radius 2 is 1.65 bits per heavy atom. The fourth-order valence-electron chi connectivity index (χ4n) is 3.10. The SMILES string of the molecule is CCS(=O)(=O)c1c(-c2nc3sc(C(F)(F)C(F)(F)F)nn3c2C)nc2ccc(C(F)(F)F)cn12. The molecule has 0 radical (unpaired) electrons. The van der Waals surface area contributed by atoms with Gasteiger partial charge < -0.3 is 0 Å². The third-order valence-corrected chi connectivity index (χ3v) is 7.57. The summed E-state index contributed by atoms with van der Waals surface area (Å²) in [6, 6.07) is 1.63. The van der Waals surface area contributed by atoms with Gasteiger partial charge in [-0.05, 0) is 19.1 Å². The van der Waals surface area contributed by atoms with Gasteiger partial charge >= 0.3 is 18.3 Å². The van der Waals surface area contributed by atoms with Gasteiger partial charge in [-0.2, -0.15) is 40.2 Å². The second-order valence-corrected chi connectivity index (χ2v) is 10.2. The zero-order chi connectivity index (χ0) is 25.4. The minimum absolute atomic E-state index is 0.0695. The molecule has 0 fully saturated rings. The number of sulfone groups is 1. The predicted molar refractivity (Wildman–Crippen MR) is 102 cm³/mol. The summed E-state index contributed by atoms with van der Waals surface area (Å²) in [5.41, 5.74) is -2.10. The molecule has 0 aliphatic rings. The van der Waals surface area contributed by atoms with Gasteiger partial charge in [0.25, 0.3) is 0 Å². The van der Waals surface area contributed by atoms with Crippen LogP contribution in [0.2, 0.25) is 0 Å². The largest absolute Gasteiger partial charge is 0.460 e. The number of hydrogen-bond acceptors (Lipinski definition) is 6. The van der Waals surface area contributed by atoms with Gasteiger partial charge in [-0.25, -0.2) is 22.9 Å². The molecule has 0 saturated carbocycles. The van der Waals surface area contributed by atoms with Crippen LogP contribution in [0.3, 0.4) is 0 Å². The average molecular weight is 533 g/mol. The van der Waals surface area contributed by atoms with Crippen molar-refractivity contribution in [2.45, 2.75) is 37.1 Å². The van der Waals surface area contributed by atoms with Crippen molar-refractivity contribution in [3.05, 3.63) is 34.6 Å². The summed E-state index contributed by atoms with van der Waals surface area (Å²) in [5, 5.41) is 1.07. The maximum atomic E-state index is 13.7. The summed E-state index contributed by atoms with van der Waals surface area (Å²) in [5.74, 6) is -5.77. The van der Waals surface area contributed by atoms with Crippen molar-refractivity contribution < 1.29 is 43.5 Å². The van der Waals surface area contributed by atoms with Crippen LogP contribution in [0.4, 0.5) is 35.1 Å². The monoisotopic (exact) mass is 533 g/mol. The number of aromatic nitrogens is 5. The van der Waals surface area contributed by atoms with Crippen molar-refractivity contribution in [1.29, 1.82) is 0 Å². The molecule has 4 aromatic heterocycles. The molecule has 0 saturated heterocycles. The molecular formula is C17H11F8N5O2S2. The molecule has 0 N–H and O–H groups in total. The first-order valence-corrected chi connectivity index (χ1v) is 11.6. The number of fused-ring (bicyclic) bond motifs is 2. The van der Waals surface area contributed by atoms with E-state index in [1.54, 1.807) is 0 Å². The number of halogens is 8. The molecule has 4 rings (SSSR count). The zero-order valence-electron chi connectivity index (χ0n) is 16.8. The number of hydrogen-bond donors (Lipinski definition) is 0. The van der Waals surface area contributed by atoms with Crippen molar-refractivity contribution in [2.75, 3.05) is 5.75 Å². The Morgan fingerprint density at radius 3 is 2.18 bits per heavy atom. The van der Waals surface area contributed by atoms with Gasteiger partial charge in [0.1, 0.15) is 17.0 Å². The van der Waals surface area contributed by atoms with E-state index in [0.717, 1.165) is 10.5 Å². The van der Waals surface area contributed by atoms with Crippen LogP contribution in [0.1, 0.15) is 23.2 Å². The molecule has 0 spiro atoms. The fraction of sp³-hybridized carbons (Fsp3) is 0.353. The molecule has 34 heavy (non-hydrogen) atoms. The van der Waals surface area contributed by atoms with Gasteiger partial charge in [-0.1, -0.05) is 18.3 Å². The van der Waals surface area contributed by atoms with Crippen LogP contribution in [0.25, 0.3) is 22.0 Å². The van der Waals surface area contributed by atoms with E-state index >= 15 is 0 Å². The summed E-state index contributed by atoms with van der Waals surface area (Å²) >= 11 is -0.0695. The quantitative estimate of drug-likeness (QED) is 0.350. The molecular weight excluding hydrogens is 522 g/mol. The Hall–Kier alpha value is -2.82. The Labute approximate surface area is 188 Å². The lowest BCUT2D eigenvalue weighted by atomic mass is 10.3. The van der Waals surface area contributed by atoms with Crippen molar-refractivity contribution in [3.8, 4) is 11.4 Å². The van der Waals surface area contributed by atoms with Crippen LogP contribution in [0, 0.1) is 6.92 Å². The minimum Gasteiger partial charge on any atom is -0.289 e. The number of pyridine rings is 1. The van der Waals surface area contributed by atoms with Gasteiger partial charge in [-0.15, -0.1) is 0 Å². The summed E-state index contributed by atoms with van der Waals surface area (Å²) in [7, 11) is -4.21. The predicted octanol–water partition coefficient (Wildman–Crippen LogP) is 4.88. The van der Waals surface area contributed by atoms with E-state index in [0.29, 0.717) is 16.8 Å². The molecule has 0 amide bonds. The van der Waals surface area contributed by atoms with E-state index in [9.17, 15) is 43.5 Å². The molecule has 0 aliphatic heterocycles. The second-order valence-electron chi connectivity index (χ2n) is 7.03. The number of nitrogens with zero attached hydrogens (tertiary/aromatic N) is 5. The van der Waals surface area contributed by atoms with Gasteiger partial charge in [-0.3, -0.25) is 4.40 Å². The van der Waals surface area contributed by atoms with Crippen LogP contribution in [-0.4, -0.2) is 44.3 Å². The van der Waals surface area contributed by atoms with Crippen LogP contribution in [-0.2, 0) is 21.9 Å². The molecule has 17 heteroatoms. The number of imidazole rings is 2.